The van der Waals surface area contributed by atoms with Crippen LogP contribution in [0.2, 0.25) is 0 Å². The summed E-state index contributed by atoms with van der Waals surface area (Å²) < 4.78 is 5.23. The normalized spacial score (nSPS) is 20.1. The number of fused-ring (bicyclic) bond motifs is 1. The average molecular weight is 437 g/mol. The first kappa shape index (κ1) is 21.5. The molecule has 166 valence electrons. The highest BCUT2D eigenvalue weighted by molar-refractivity contribution is 6.21. The molecule has 0 spiro atoms. The molecule has 32 heavy (non-hydrogen) atoms. The first-order valence-corrected chi connectivity index (χ1v) is 10.5. The molecule has 0 aromatic heterocycles. The molecule has 4 rings (SSSR count). The number of hydrogen-bond acceptors (Lipinski definition) is 6. The fourth-order valence-corrected chi connectivity index (χ4v) is 4.54. The van der Waals surface area contributed by atoms with Gasteiger partial charge in [0.05, 0.1) is 28.8 Å². The molecule has 1 aliphatic carbocycles. The van der Waals surface area contributed by atoms with Crippen molar-refractivity contribution in [2.24, 2.45) is 11.8 Å². The Bertz CT molecular complexity index is 1060. The Kier molecular flexibility index (Phi) is 5.89. The second kappa shape index (κ2) is 8.78. The van der Waals surface area contributed by atoms with Crippen LogP contribution in [0.25, 0.3) is 0 Å². The minimum Gasteiger partial charge on any atom is -0.495 e. The Labute approximate surface area is 184 Å². The third-order valence-corrected chi connectivity index (χ3v) is 6.19. The van der Waals surface area contributed by atoms with E-state index in [9.17, 15) is 24.5 Å². The van der Waals surface area contributed by atoms with Crippen LogP contribution in [0, 0.1) is 22.0 Å². The molecule has 2 aliphatic rings. The van der Waals surface area contributed by atoms with Gasteiger partial charge in [-0.3, -0.25) is 29.4 Å². The minimum atomic E-state index is -0.541. The number of rotatable bonds is 6. The van der Waals surface area contributed by atoms with Crippen molar-refractivity contribution < 1.29 is 24.0 Å². The number of imide groups is 1. The van der Waals surface area contributed by atoms with E-state index in [-0.39, 0.29) is 41.6 Å². The summed E-state index contributed by atoms with van der Waals surface area (Å²) in [6, 6.07) is 10.7. The topological polar surface area (TPSA) is 119 Å². The van der Waals surface area contributed by atoms with Gasteiger partial charge in [-0.1, -0.05) is 25.0 Å². The number of nitrogens with zero attached hydrogens (tertiary/aromatic N) is 2. The van der Waals surface area contributed by atoms with Gasteiger partial charge in [0.25, 0.3) is 17.5 Å². The molecule has 2 aromatic carbocycles. The number of non-ortho nitro benzene ring substituents is 1. The number of nitrogens with one attached hydrogen (secondary N) is 1. The first-order valence-electron chi connectivity index (χ1n) is 10.5. The number of hydrogen-bond donors (Lipinski definition) is 1. The molecule has 0 bridgehead atoms. The van der Waals surface area contributed by atoms with Crippen LogP contribution in [0.15, 0.2) is 42.5 Å². The molecule has 3 amide bonds. The summed E-state index contributed by atoms with van der Waals surface area (Å²) in [6.45, 7) is 0.163. The number of nitro groups is 1. The molecule has 1 fully saturated rings. The summed E-state index contributed by atoms with van der Waals surface area (Å²) >= 11 is 0. The lowest BCUT2D eigenvalue weighted by Gasteiger charge is -2.32. The van der Waals surface area contributed by atoms with Crippen LogP contribution in [0.3, 0.4) is 0 Å². The third-order valence-electron chi connectivity index (χ3n) is 6.19. The second-order valence-corrected chi connectivity index (χ2v) is 8.05. The van der Waals surface area contributed by atoms with Crippen molar-refractivity contribution in [1.29, 1.82) is 0 Å². The van der Waals surface area contributed by atoms with Crippen LogP contribution in [-0.4, -0.2) is 41.2 Å². The zero-order valence-electron chi connectivity index (χ0n) is 17.6. The molecule has 1 saturated carbocycles. The molecule has 1 aliphatic heterocycles. The lowest BCUT2D eigenvalue weighted by Crippen LogP contribution is -2.41. The fourth-order valence-electron chi connectivity index (χ4n) is 4.54. The average Bonchev–Trinajstić information content (AvgIpc) is 3.04. The molecular formula is C23H23N3O6. The SMILES string of the molecule is COc1ccc([N+](=O)[O-])cc1NC(=O)C1CCCCC1CN1C(=O)c2ccccc2C1=O. The van der Waals surface area contributed by atoms with Crippen LogP contribution < -0.4 is 10.1 Å². The highest BCUT2D eigenvalue weighted by Gasteiger charge is 2.40. The predicted molar refractivity (Wildman–Crippen MR) is 116 cm³/mol. The van der Waals surface area contributed by atoms with E-state index in [1.165, 1.54) is 30.2 Å². The Balaban J connectivity index is 1.53. The minimum absolute atomic E-state index is 0.160. The smallest absolute Gasteiger partial charge is 0.271 e. The van der Waals surface area contributed by atoms with Crippen molar-refractivity contribution in [2.45, 2.75) is 25.7 Å². The molecule has 9 nitrogen and oxygen atoms in total. The Morgan fingerprint density at radius 2 is 1.78 bits per heavy atom. The van der Waals surface area contributed by atoms with Crippen molar-refractivity contribution in [2.75, 3.05) is 19.0 Å². The van der Waals surface area contributed by atoms with Gasteiger partial charge in [0.15, 0.2) is 0 Å². The largest absolute Gasteiger partial charge is 0.495 e. The Hall–Kier alpha value is -3.75. The van der Waals surface area contributed by atoms with Gasteiger partial charge < -0.3 is 10.1 Å². The number of ether oxygens (including phenoxy) is 1. The van der Waals surface area contributed by atoms with E-state index >= 15 is 0 Å². The molecule has 0 radical (unpaired) electrons. The van der Waals surface area contributed by atoms with E-state index in [1.807, 2.05) is 0 Å². The van der Waals surface area contributed by atoms with E-state index in [0.717, 1.165) is 12.8 Å². The summed E-state index contributed by atoms with van der Waals surface area (Å²) in [6.07, 6.45) is 3.06. The van der Waals surface area contributed by atoms with Gasteiger partial charge in [-0.15, -0.1) is 0 Å². The summed E-state index contributed by atoms with van der Waals surface area (Å²) in [5.74, 6) is -1.29. The standard InChI is InChI=1S/C23H23N3O6/c1-32-20-11-10-15(26(30)31)12-19(20)24-21(27)16-7-3-2-6-14(16)13-25-22(28)17-8-4-5-9-18(17)23(25)29/h4-5,8-12,14,16H,2-3,6-7,13H2,1H3,(H,24,27). The summed E-state index contributed by atoms with van der Waals surface area (Å²) in [4.78, 5) is 50.5. The van der Waals surface area contributed by atoms with Crippen LogP contribution >= 0.6 is 0 Å². The van der Waals surface area contributed by atoms with Crippen LogP contribution in [0.4, 0.5) is 11.4 Å². The fraction of sp³-hybridized carbons (Fsp3) is 0.348. The zero-order chi connectivity index (χ0) is 22.8. The zero-order valence-corrected chi connectivity index (χ0v) is 17.6. The number of anilines is 1. The van der Waals surface area contributed by atoms with Crippen molar-refractivity contribution in [3.05, 3.63) is 63.7 Å². The van der Waals surface area contributed by atoms with E-state index in [1.54, 1.807) is 24.3 Å². The maximum absolute atomic E-state index is 13.2. The van der Waals surface area contributed by atoms with Gasteiger partial charge in [-0.2, -0.15) is 0 Å². The Morgan fingerprint density at radius 1 is 1.12 bits per heavy atom. The third kappa shape index (κ3) is 3.93. The molecule has 2 unspecified atom stereocenters. The highest BCUT2D eigenvalue weighted by Crippen LogP contribution is 2.35. The van der Waals surface area contributed by atoms with Crippen LogP contribution in [-0.2, 0) is 4.79 Å². The van der Waals surface area contributed by atoms with E-state index in [0.29, 0.717) is 29.7 Å². The van der Waals surface area contributed by atoms with E-state index in [4.69, 9.17) is 4.74 Å². The van der Waals surface area contributed by atoms with Gasteiger partial charge in [-0.25, -0.2) is 0 Å². The molecule has 1 N–H and O–H groups in total. The monoisotopic (exact) mass is 437 g/mol. The Morgan fingerprint density at radius 3 is 2.41 bits per heavy atom. The van der Waals surface area contributed by atoms with Gasteiger partial charge >= 0.3 is 0 Å². The lowest BCUT2D eigenvalue weighted by atomic mass is 9.78. The number of carbonyl (C=O) groups excluding carboxylic acids is 3. The van der Waals surface area contributed by atoms with E-state index < -0.39 is 10.8 Å². The molecule has 1 heterocycles. The van der Waals surface area contributed by atoms with Crippen molar-refractivity contribution in [3.63, 3.8) is 0 Å². The quantitative estimate of drug-likeness (QED) is 0.419. The predicted octanol–water partition coefficient (Wildman–Crippen LogP) is 3.64. The molecular weight excluding hydrogens is 414 g/mol. The number of amides is 3. The number of nitro benzene ring substituents is 1. The number of methoxy groups -OCH3 is 1. The van der Waals surface area contributed by atoms with Crippen molar-refractivity contribution >= 4 is 29.1 Å². The summed E-state index contributed by atoms with van der Waals surface area (Å²) in [5.41, 5.74) is 0.829. The summed E-state index contributed by atoms with van der Waals surface area (Å²) in [5, 5.41) is 13.9. The van der Waals surface area contributed by atoms with Gasteiger partial charge in [0.2, 0.25) is 5.91 Å². The molecule has 2 aromatic rings. The number of benzene rings is 2. The van der Waals surface area contributed by atoms with Gasteiger partial charge in [0.1, 0.15) is 5.75 Å². The second-order valence-electron chi connectivity index (χ2n) is 8.05. The highest BCUT2D eigenvalue weighted by atomic mass is 16.6. The molecule has 9 heteroatoms. The van der Waals surface area contributed by atoms with Crippen LogP contribution in [0.1, 0.15) is 46.4 Å². The first-order chi connectivity index (χ1) is 15.4. The maximum Gasteiger partial charge on any atom is 0.271 e. The molecule has 0 saturated heterocycles. The summed E-state index contributed by atoms with van der Waals surface area (Å²) in [7, 11) is 1.42. The van der Waals surface area contributed by atoms with Crippen LogP contribution in [0.5, 0.6) is 5.75 Å². The molecule has 2 atom stereocenters. The van der Waals surface area contributed by atoms with Gasteiger partial charge in [-0.05, 0) is 37.0 Å². The van der Waals surface area contributed by atoms with Crippen molar-refractivity contribution in [1.82, 2.24) is 4.90 Å². The van der Waals surface area contributed by atoms with E-state index in [2.05, 4.69) is 5.32 Å². The maximum atomic E-state index is 13.2. The van der Waals surface area contributed by atoms with Crippen molar-refractivity contribution in [3.8, 4) is 5.75 Å². The lowest BCUT2D eigenvalue weighted by molar-refractivity contribution is -0.384. The van der Waals surface area contributed by atoms with Gasteiger partial charge in [0, 0.05) is 24.6 Å². The number of carbonyl (C=O) groups is 3.